The van der Waals surface area contributed by atoms with Crippen molar-refractivity contribution in [1.82, 2.24) is 0 Å². The fourth-order valence-corrected chi connectivity index (χ4v) is 2.52. The molecule has 0 aromatic heterocycles. The van der Waals surface area contributed by atoms with Gasteiger partial charge in [0, 0.05) is 24.2 Å². The molecule has 1 heteroatoms. The summed E-state index contributed by atoms with van der Waals surface area (Å²) in [6.45, 7) is 2.57. The lowest BCUT2D eigenvalue weighted by molar-refractivity contribution is 0.0904. The highest BCUT2D eigenvalue weighted by Crippen LogP contribution is 2.49. The van der Waals surface area contributed by atoms with E-state index in [1.807, 2.05) is 6.07 Å². The summed E-state index contributed by atoms with van der Waals surface area (Å²) in [5.74, 6) is 0. The van der Waals surface area contributed by atoms with Crippen molar-refractivity contribution < 1.29 is 0 Å². The van der Waals surface area contributed by atoms with Gasteiger partial charge in [-0.15, -0.1) is 0 Å². The molecule has 1 aliphatic heterocycles. The average Bonchev–Trinajstić information content (AvgIpc) is 2.01. The van der Waals surface area contributed by atoms with Crippen molar-refractivity contribution in [2.75, 3.05) is 18.0 Å². The van der Waals surface area contributed by atoms with Gasteiger partial charge in [-0.2, -0.15) is 0 Å². The Bertz CT molecular complexity index is 292. The van der Waals surface area contributed by atoms with Gasteiger partial charge < -0.3 is 4.90 Å². The van der Waals surface area contributed by atoms with Crippen molar-refractivity contribution in [3.05, 3.63) is 30.3 Å². The van der Waals surface area contributed by atoms with E-state index in [1.165, 1.54) is 38.0 Å². The Morgan fingerprint density at radius 1 is 1.31 bits per heavy atom. The summed E-state index contributed by atoms with van der Waals surface area (Å²) >= 11 is 0. The molecule has 1 saturated carbocycles. The highest BCUT2D eigenvalue weighted by atomic mass is 15.2. The largest absolute Gasteiger partial charge is 0.370 e. The Morgan fingerprint density at radius 3 is 2.69 bits per heavy atom. The second-order valence-electron chi connectivity index (χ2n) is 4.47. The molecule has 13 heavy (non-hydrogen) atoms. The van der Waals surface area contributed by atoms with Crippen molar-refractivity contribution in [3.63, 3.8) is 0 Å². The van der Waals surface area contributed by atoms with Gasteiger partial charge in [0.05, 0.1) is 0 Å². The summed E-state index contributed by atoms with van der Waals surface area (Å²) in [5.41, 5.74) is 2.08. The molecule has 0 unspecified atom stereocenters. The Kier molecular flexibility index (Phi) is 1.43. The molecule has 0 bridgehead atoms. The summed E-state index contributed by atoms with van der Waals surface area (Å²) in [6.07, 6.45) is 4.37. The Balaban J connectivity index is 1.71. The van der Waals surface area contributed by atoms with E-state index >= 15 is 0 Å². The first-order chi connectivity index (χ1) is 6.38. The Labute approximate surface area is 79.4 Å². The second kappa shape index (κ2) is 2.50. The van der Waals surface area contributed by atoms with Crippen molar-refractivity contribution in [2.24, 2.45) is 5.41 Å². The first kappa shape index (κ1) is 7.43. The SMILES string of the molecule is [c]1cccc(N2CC3(CCC3)C2)c1. The third-order valence-electron chi connectivity index (χ3n) is 3.52. The molecule has 1 saturated heterocycles. The van der Waals surface area contributed by atoms with Crippen LogP contribution in [-0.2, 0) is 0 Å². The number of nitrogens with zero attached hydrogens (tertiary/aromatic N) is 1. The van der Waals surface area contributed by atoms with E-state index in [4.69, 9.17) is 0 Å². The van der Waals surface area contributed by atoms with E-state index in [9.17, 15) is 0 Å². The van der Waals surface area contributed by atoms with Crippen molar-refractivity contribution >= 4 is 5.69 Å². The van der Waals surface area contributed by atoms with Gasteiger partial charge in [0.15, 0.2) is 0 Å². The molecule has 1 nitrogen and oxygen atoms in total. The molecule has 0 amide bonds. The summed E-state index contributed by atoms with van der Waals surface area (Å²) in [6, 6.07) is 11.4. The van der Waals surface area contributed by atoms with Crippen LogP contribution in [0.1, 0.15) is 19.3 Å². The highest BCUT2D eigenvalue weighted by Gasteiger charge is 2.47. The normalized spacial score (nSPS) is 23.8. The quantitative estimate of drug-likeness (QED) is 0.629. The number of benzene rings is 1. The van der Waals surface area contributed by atoms with Crippen LogP contribution in [0.2, 0.25) is 0 Å². The zero-order valence-corrected chi connectivity index (χ0v) is 7.79. The molecule has 0 N–H and O–H groups in total. The van der Waals surface area contributed by atoms with E-state index in [-0.39, 0.29) is 0 Å². The third-order valence-corrected chi connectivity index (χ3v) is 3.52. The zero-order chi connectivity index (χ0) is 8.73. The standard InChI is InChI=1S/C12H14N/c1-2-5-11(6-3-1)13-9-12(10-13)7-4-8-12/h1-2,5-6H,4,7-10H2. The molecule has 1 spiro atoms. The Morgan fingerprint density at radius 2 is 2.15 bits per heavy atom. The van der Waals surface area contributed by atoms with Crippen molar-refractivity contribution in [3.8, 4) is 0 Å². The molecule has 3 rings (SSSR count). The van der Waals surface area contributed by atoms with Crippen LogP contribution in [0.5, 0.6) is 0 Å². The maximum absolute atomic E-state index is 3.13. The van der Waals surface area contributed by atoms with Gasteiger partial charge in [0.1, 0.15) is 0 Å². The lowest BCUT2D eigenvalue weighted by atomic mass is 9.63. The van der Waals surface area contributed by atoms with Gasteiger partial charge in [-0.3, -0.25) is 0 Å². The van der Waals surface area contributed by atoms with Crippen LogP contribution >= 0.6 is 0 Å². The molecule has 0 atom stereocenters. The number of anilines is 1. The van der Waals surface area contributed by atoms with Gasteiger partial charge in [-0.1, -0.05) is 18.6 Å². The molecule has 2 aliphatic rings. The fourth-order valence-electron chi connectivity index (χ4n) is 2.52. The van der Waals surface area contributed by atoms with Gasteiger partial charge in [0.25, 0.3) is 0 Å². The van der Waals surface area contributed by atoms with Gasteiger partial charge in [-0.05, 0) is 31.0 Å². The van der Waals surface area contributed by atoms with E-state index in [0.717, 1.165) is 5.41 Å². The van der Waals surface area contributed by atoms with Gasteiger partial charge in [-0.25, -0.2) is 0 Å². The first-order valence-corrected chi connectivity index (χ1v) is 5.09. The van der Waals surface area contributed by atoms with Crippen LogP contribution in [0.25, 0.3) is 0 Å². The number of hydrogen-bond donors (Lipinski definition) is 0. The molecular weight excluding hydrogens is 158 g/mol. The lowest BCUT2D eigenvalue weighted by Crippen LogP contribution is -2.59. The predicted molar refractivity (Wildman–Crippen MR) is 53.8 cm³/mol. The van der Waals surface area contributed by atoms with Crippen molar-refractivity contribution in [1.29, 1.82) is 0 Å². The average molecular weight is 172 g/mol. The molecule has 2 fully saturated rings. The van der Waals surface area contributed by atoms with Crippen molar-refractivity contribution in [2.45, 2.75) is 19.3 Å². The maximum atomic E-state index is 3.13. The Hall–Kier alpha value is -0.980. The number of hydrogen-bond acceptors (Lipinski definition) is 1. The van der Waals surface area contributed by atoms with Gasteiger partial charge >= 0.3 is 0 Å². The van der Waals surface area contributed by atoms with Crippen LogP contribution in [0.4, 0.5) is 5.69 Å². The van der Waals surface area contributed by atoms with E-state index in [1.54, 1.807) is 0 Å². The maximum Gasteiger partial charge on any atom is 0.0372 e. The minimum absolute atomic E-state index is 0.732. The van der Waals surface area contributed by atoms with E-state index < -0.39 is 0 Å². The molecule has 1 heterocycles. The molecular formula is C12H14N. The van der Waals surface area contributed by atoms with Gasteiger partial charge in [0.2, 0.25) is 0 Å². The first-order valence-electron chi connectivity index (χ1n) is 5.09. The van der Waals surface area contributed by atoms with Crippen LogP contribution in [-0.4, -0.2) is 13.1 Å². The van der Waals surface area contributed by atoms with Crippen LogP contribution in [0.3, 0.4) is 0 Å². The third kappa shape index (κ3) is 1.06. The van der Waals surface area contributed by atoms with Crippen LogP contribution in [0, 0.1) is 11.5 Å². The summed E-state index contributed by atoms with van der Waals surface area (Å²) in [4.78, 5) is 2.47. The van der Waals surface area contributed by atoms with Crippen LogP contribution < -0.4 is 4.90 Å². The molecule has 1 aromatic rings. The molecule has 1 aliphatic carbocycles. The highest BCUT2D eigenvalue weighted by molar-refractivity contribution is 5.49. The monoisotopic (exact) mass is 172 g/mol. The minimum atomic E-state index is 0.732. The zero-order valence-electron chi connectivity index (χ0n) is 7.79. The predicted octanol–water partition coefficient (Wildman–Crippen LogP) is 2.48. The summed E-state index contributed by atoms with van der Waals surface area (Å²) in [5, 5.41) is 0. The smallest absolute Gasteiger partial charge is 0.0372 e. The van der Waals surface area contributed by atoms with E-state index in [2.05, 4.69) is 29.2 Å². The summed E-state index contributed by atoms with van der Waals surface area (Å²) < 4.78 is 0. The summed E-state index contributed by atoms with van der Waals surface area (Å²) in [7, 11) is 0. The van der Waals surface area contributed by atoms with Crippen LogP contribution in [0.15, 0.2) is 24.3 Å². The lowest BCUT2D eigenvalue weighted by Gasteiger charge is -2.57. The minimum Gasteiger partial charge on any atom is -0.370 e. The molecule has 67 valence electrons. The van der Waals surface area contributed by atoms with E-state index in [0.29, 0.717) is 0 Å². The second-order valence-corrected chi connectivity index (χ2v) is 4.47. The number of rotatable bonds is 1. The fraction of sp³-hybridized carbons (Fsp3) is 0.500. The molecule has 1 radical (unpaired) electrons. The topological polar surface area (TPSA) is 3.24 Å². The molecule has 1 aromatic carbocycles.